The largest absolute Gasteiger partial charge is 0.349 e. The smallest absolute Gasteiger partial charge is 0.251 e. The van der Waals surface area contributed by atoms with Crippen LogP contribution in [0.15, 0.2) is 18.2 Å². The Bertz CT molecular complexity index is 423. The van der Waals surface area contributed by atoms with E-state index >= 15 is 0 Å². The van der Waals surface area contributed by atoms with Crippen molar-refractivity contribution in [3.8, 4) is 0 Å². The first kappa shape index (κ1) is 16.1. The van der Waals surface area contributed by atoms with Gasteiger partial charge in [0.1, 0.15) is 0 Å². The van der Waals surface area contributed by atoms with Gasteiger partial charge >= 0.3 is 0 Å². The molecule has 2 nitrogen and oxygen atoms in total. The number of hydrogen-bond donors (Lipinski definition) is 1. The predicted molar refractivity (Wildman–Crippen MR) is 85.6 cm³/mol. The molecule has 100 valence electrons. The molecule has 1 atom stereocenters. The molecule has 0 saturated heterocycles. The minimum Gasteiger partial charge on any atom is -0.349 e. The molecule has 0 heterocycles. The second-order valence-corrected chi connectivity index (χ2v) is 6.38. The Kier molecular flexibility index (Phi) is 6.74. The van der Waals surface area contributed by atoms with E-state index in [0.717, 1.165) is 9.99 Å². The van der Waals surface area contributed by atoms with Crippen LogP contribution in [0.5, 0.6) is 0 Å². The molecule has 0 aliphatic heterocycles. The zero-order valence-electron chi connectivity index (χ0n) is 10.3. The van der Waals surface area contributed by atoms with Crippen molar-refractivity contribution in [2.24, 2.45) is 5.92 Å². The molecule has 1 N–H and O–H groups in total. The lowest BCUT2D eigenvalue weighted by atomic mass is 10.0. The molecule has 0 aliphatic rings. The van der Waals surface area contributed by atoms with Gasteiger partial charge in [0, 0.05) is 21.1 Å². The topological polar surface area (TPSA) is 29.1 Å². The SMILES string of the molecule is CC(C)C(CCCl)NC(=O)c1ccc(I)c(Cl)c1. The van der Waals surface area contributed by atoms with Crippen LogP contribution in [0.2, 0.25) is 5.02 Å². The van der Waals surface area contributed by atoms with Crippen molar-refractivity contribution in [2.45, 2.75) is 26.3 Å². The van der Waals surface area contributed by atoms with Crippen LogP contribution in [0.4, 0.5) is 0 Å². The highest BCUT2D eigenvalue weighted by atomic mass is 127. The molecule has 18 heavy (non-hydrogen) atoms. The summed E-state index contributed by atoms with van der Waals surface area (Å²) in [7, 11) is 0. The lowest BCUT2D eigenvalue weighted by Crippen LogP contribution is -2.38. The van der Waals surface area contributed by atoms with Crippen LogP contribution < -0.4 is 5.32 Å². The van der Waals surface area contributed by atoms with Crippen LogP contribution in [-0.4, -0.2) is 17.8 Å². The molecule has 1 rings (SSSR count). The van der Waals surface area contributed by atoms with E-state index in [1.54, 1.807) is 12.1 Å². The number of hydrogen-bond acceptors (Lipinski definition) is 1. The van der Waals surface area contributed by atoms with E-state index in [-0.39, 0.29) is 11.9 Å². The monoisotopic (exact) mass is 399 g/mol. The van der Waals surface area contributed by atoms with Crippen LogP contribution in [-0.2, 0) is 0 Å². The normalized spacial score (nSPS) is 12.6. The van der Waals surface area contributed by atoms with Gasteiger partial charge in [0.15, 0.2) is 0 Å². The molecule has 0 aliphatic carbocycles. The maximum Gasteiger partial charge on any atom is 0.251 e. The summed E-state index contributed by atoms with van der Waals surface area (Å²) in [4.78, 5) is 12.1. The van der Waals surface area contributed by atoms with Crippen molar-refractivity contribution in [1.29, 1.82) is 0 Å². The fourth-order valence-corrected chi connectivity index (χ4v) is 2.33. The van der Waals surface area contributed by atoms with Crippen molar-refractivity contribution in [3.05, 3.63) is 32.4 Å². The van der Waals surface area contributed by atoms with E-state index in [1.807, 2.05) is 6.07 Å². The molecule has 0 radical (unpaired) electrons. The average Bonchev–Trinajstić information content (AvgIpc) is 2.31. The summed E-state index contributed by atoms with van der Waals surface area (Å²) >= 11 is 13.9. The van der Waals surface area contributed by atoms with Crippen molar-refractivity contribution in [3.63, 3.8) is 0 Å². The second-order valence-electron chi connectivity index (χ2n) is 4.43. The fourth-order valence-electron chi connectivity index (χ4n) is 1.58. The van der Waals surface area contributed by atoms with E-state index < -0.39 is 0 Å². The standard InChI is InChI=1S/C13H16Cl2INO/c1-8(2)12(5-6-14)17-13(18)9-3-4-11(16)10(15)7-9/h3-4,7-8,12H,5-6H2,1-2H3,(H,17,18). The van der Waals surface area contributed by atoms with Crippen LogP contribution >= 0.6 is 45.8 Å². The Morgan fingerprint density at radius 2 is 2.11 bits per heavy atom. The average molecular weight is 400 g/mol. The molecule has 0 spiro atoms. The maximum absolute atomic E-state index is 12.1. The van der Waals surface area contributed by atoms with Crippen molar-refractivity contribution < 1.29 is 4.79 Å². The molecule has 0 fully saturated rings. The van der Waals surface area contributed by atoms with E-state index in [0.29, 0.717) is 22.4 Å². The number of carbonyl (C=O) groups is 1. The first-order chi connectivity index (χ1) is 8.45. The molecule has 1 unspecified atom stereocenters. The van der Waals surface area contributed by atoms with E-state index in [1.165, 1.54) is 0 Å². The molecule has 5 heteroatoms. The number of halogens is 3. The van der Waals surface area contributed by atoms with E-state index in [2.05, 4.69) is 41.8 Å². The Morgan fingerprint density at radius 3 is 2.61 bits per heavy atom. The Hall–Kier alpha value is -0.0000000000000000555. The summed E-state index contributed by atoms with van der Waals surface area (Å²) < 4.78 is 0.937. The highest BCUT2D eigenvalue weighted by molar-refractivity contribution is 14.1. The van der Waals surface area contributed by atoms with Gasteiger partial charge in [0.05, 0.1) is 5.02 Å². The van der Waals surface area contributed by atoms with Gasteiger partial charge in [-0.2, -0.15) is 0 Å². The molecule has 1 amide bonds. The lowest BCUT2D eigenvalue weighted by Gasteiger charge is -2.21. The summed E-state index contributed by atoms with van der Waals surface area (Å²) in [6, 6.07) is 5.40. The summed E-state index contributed by atoms with van der Waals surface area (Å²) in [5, 5.41) is 3.59. The summed E-state index contributed by atoms with van der Waals surface area (Å²) in [6.45, 7) is 4.14. The van der Waals surface area contributed by atoms with Gasteiger partial charge in [0.2, 0.25) is 0 Å². The van der Waals surface area contributed by atoms with Gasteiger partial charge in [-0.25, -0.2) is 0 Å². The minimum atomic E-state index is -0.0999. The van der Waals surface area contributed by atoms with Gasteiger partial charge in [-0.15, -0.1) is 11.6 Å². The van der Waals surface area contributed by atoms with Crippen molar-refractivity contribution >= 4 is 51.7 Å². The van der Waals surface area contributed by atoms with Crippen molar-refractivity contribution in [2.75, 3.05) is 5.88 Å². The molecule has 0 bridgehead atoms. The molecule has 1 aromatic carbocycles. The lowest BCUT2D eigenvalue weighted by molar-refractivity contribution is 0.0925. The molecular formula is C13H16Cl2INO. The number of amides is 1. The molecule has 0 saturated carbocycles. The highest BCUT2D eigenvalue weighted by Crippen LogP contribution is 2.20. The second kappa shape index (κ2) is 7.56. The number of benzene rings is 1. The first-order valence-electron chi connectivity index (χ1n) is 5.77. The zero-order valence-corrected chi connectivity index (χ0v) is 14.0. The molecular weight excluding hydrogens is 384 g/mol. The van der Waals surface area contributed by atoms with Crippen LogP contribution in [0.3, 0.4) is 0 Å². The number of rotatable bonds is 5. The third-order valence-corrected chi connectivity index (χ3v) is 4.51. The Balaban J connectivity index is 2.77. The fraction of sp³-hybridized carbons (Fsp3) is 0.462. The molecule has 1 aromatic rings. The maximum atomic E-state index is 12.1. The third-order valence-electron chi connectivity index (χ3n) is 2.72. The molecule has 0 aromatic heterocycles. The van der Waals surface area contributed by atoms with Crippen LogP contribution in [0, 0.1) is 9.49 Å². The third kappa shape index (κ3) is 4.59. The highest BCUT2D eigenvalue weighted by Gasteiger charge is 2.17. The minimum absolute atomic E-state index is 0.0908. The van der Waals surface area contributed by atoms with E-state index in [4.69, 9.17) is 23.2 Å². The van der Waals surface area contributed by atoms with Gasteiger partial charge in [0.25, 0.3) is 5.91 Å². The first-order valence-corrected chi connectivity index (χ1v) is 7.76. The number of nitrogens with one attached hydrogen (secondary N) is 1. The van der Waals surface area contributed by atoms with Crippen LogP contribution in [0.25, 0.3) is 0 Å². The van der Waals surface area contributed by atoms with Crippen molar-refractivity contribution in [1.82, 2.24) is 5.32 Å². The Morgan fingerprint density at radius 1 is 1.44 bits per heavy atom. The Labute approximate surface area is 132 Å². The number of carbonyl (C=O) groups excluding carboxylic acids is 1. The van der Waals surface area contributed by atoms with Gasteiger partial charge < -0.3 is 5.32 Å². The van der Waals surface area contributed by atoms with Crippen LogP contribution in [0.1, 0.15) is 30.6 Å². The van der Waals surface area contributed by atoms with Gasteiger partial charge in [-0.3, -0.25) is 4.79 Å². The predicted octanol–water partition coefficient (Wildman–Crippen LogP) is 4.33. The van der Waals surface area contributed by atoms with Gasteiger partial charge in [-0.1, -0.05) is 25.4 Å². The van der Waals surface area contributed by atoms with E-state index in [9.17, 15) is 4.79 Å². The summed E-state index contributed by atoms with van der Waals surface area (Å²) in [6.07, 6.45) is 0.767. The van der Waals surface area contributed by atoms with Gasteiger partial charge in [-0.05, 0) is 53.1 Å². The zero-order chi connectivity index (χ0) is 13.7. The summed E-state index contributed by atoms with van der Waals surface area (Å²) in [5.74, 6) is 0.792. The summed E-state index contributed by atoms with van der Waals surface area (Å²) in [5.41, 5.74) is 0.584. The number of alkyl halides is 1. The quantitative estimate of drug-likeness (QED) is 0.579.